The second-order valence-electron chi connectivity index (χ2n) is 8.93. The smallest absolute Gasteiger partial charge is 0.451 e. The molecule has 0 spiro atoms. The zero-order valence-electron chi connectivity index (χ0n) is 19.3. The molecule has 3 amide bonds. The van der Waals surface area contributed by atoms with Gasteiger partial charge in [0.2, 0.25) is 17.6 Å². The summed E-state index contributed by atoms with van der Waals surface area (Å²) in [6.07, 6.45) is -0.653. The maximum atomic E-state index is 12.9. The molecular weight excluding hydrogens is 537 g/mol. The standard InChI is InChI=1S/C21H21F3N6O5S2/c1-28-19(21(22,23)24)26-27-20(28)37-8-12(31)25-13-16(33)30-14(18(34)35)10(7-36-17(13)30)6-9-4-5-29(15(9)32)11-2-3-11/h6,11,13,17H,2-5,7-8H2,1H3,(H,25,31)(H,34,35)/b9-6+/t13-,17-/m1/s1. The van der Waals surface area contributed by atoms with Gasteiger partial charge in [0.15, 0.2) is 5.16 Å². The van der Waals surface area contributed by atoms with Gasteiger partial charge in [0.25, 0.3) is 5.91 Å². The fourth-order valence-electron chi connectivity index (χ4n) is 4.50. The molecule has 2 N–H and O–H groups in total. The van der Waals surface area contributed by atoms with Crippen LogP contribution >= 0.6 is 23.5 Å². The van der Waals surface area contributed by atoms with Crippen molar-refractivity contribution in [3.8, 4) is 0 Å². The lowest BCUT2D eigenvalue weighted by Crippen LogP contribution is -2.70. The van der Waals surface area contributed by atoms with Gasteiger partial charge in [-0.15, -0.1) is 22.0 Å². The number of hydrogen-bond donors (Lipinski definition) is 2. The van der Waals surface area contributed by atoms with E-state index < -0.39 is 41.2 Å². The number of carbonyl (C=O) groups is 4. The minimum absolute atomic E-state index is 0.102. The van der Waals surface area contributed by atoms with E-state index in [0.29, 0.717) is 24.1 Å². The number of alkyl halides is 3. The summed E-state index contributed by atoms with van der Waals surface area (Å²) < 4.78 is 39.3. The average Bonchev–Trinajstić information content (AvgIpc) is 3.51. The highest BCUT2D eigenvalue weighted by Crippen LogP contribution is 2.42. The lowest BCUT2D eigenvalue weighted by molar-refractivity contribution is -0.150. The highest BCUT2D eigenvalue weighted by molar-refractivity contribution is 8.00. The van der Waals surface area contributed by atoms with Gasteiger partial charge in [-0.05, 0) is 30.9 Å². The normalized spacial score (nSPS) is 25.0. The minimum atomic E-state index is -4.69. The van der Waals surface area contributed by atoms with Crippen molar-refractivity contribution >= 4 is 47.2 Å². The topological polar surface area (TPSA) is 138 Å². The summed E-state index contributed by atoms with van der Waals surface area (Å²) in [6, 6.07) is -0.721. The Morgan fingerprint density at radius 3 is 2.62 bits per heavy atom. The molecule has 0 aromatic carbocycles. The first-order chi connectivity index (χ1) is 17.5. The van der Waals surface area contributed by atoms with Gasteiger partial charge in [-0.25, -0.2) is 4.79 Å². The number of aromatic nitrogens is 3. The van der Waals surface area contributed by atoms with Crippen molar-refractivity contribution in [2.24, 2.45) is 7.05 Å². The largest absolute Gasteiger partial charge is 0.477 e. The highest BCUT2D eigenvalue weighted by Gasteiger charge is 2.54. The lowest BCUT2D eigenvalue weighted by atomic mass is 10.0. The van der Waals surface area contributed by atoms with E-state index in [1.807, 2.05) is 0 Å². The van der Waals surface area contributed by atoms with Crippen LogP contribution in [0.5, 0.6) is 0 Å². The van der Waals surface area contributed by atoms with Gasteiger partial charge in [-0.2, -0.15) is 13.2 Å². The Kier molecular flexibility index (Phi) is 6.50. The van der Waals surface area contributed by atoms with Crippen LogP contribution in [0.2, 0.25) is 0 Å². The van der Waals surface area contributed by atoms with Gasteiger partial charge >= 0.3 is 12.1 Å². The summed E-state index contributed by atoms with van der Waals surface area (Å²) in [7, 11) is 1.13. The number of allylic oxidation sites excluding steroid dienone is 1. The predicted molar refractivity (Wildman–Crippen MR) is 124 cm³/mol. The first-order valence-corrected chi connectivity index (χ1v) is 13.3. The van der Waals surface area contributed by atoms with Crippen LogP contribution in [0.1, 0.15) is 25.1 Å². The minimum Gasteiger partial charge on any atom is -0.477 e. The van der Waals surface area contributed by atoms with Crippen molar-refractivity contribution in [2.45, 2.75) is 48.1 Å². The number of likely N-dealkylation sites (tertiary alicyclic amines) is 1. The molecule has 11 nitrogen and oxygen atoms in total. The van der Waals surface area contributed by atoms with E-state index in [0.717, 1.165) is 41.1 Å². The van der Waals surface area contributed by atoms with Gasteiger partial charge < -0.3 is 19.9 Å². The molecule has 2 saturated heterocycles. The Balaban J connectivity index is 1.24. The molecule has 3 aliphatic heterocycles. The lowest BCUT2D eigenvalue weighted by Gasteiger charge is -2.49. The second kappa shape index (κ2) is 9.38. The maximum Gasteiger partial charge on any atom is 0.451 e. The molecule has 4 aliphatic rings. The van der Waals surface area contributed by atoms with E-state index in [1.165, 1.54) is 11.8 Å². The number of rotatable bonds is 7. The first-order valence-electron chi connectivity index (χ1n) is 11.3. The van der Waals surface area contributed by atoms with Gasteiger partial charge in [0.05, 0.1) is 5.75 Å². The fraction of sp³-hybridized carbons (Fsp3) is 0.524. The van der Waals surface area contributed by atoms with Crippen molar-refractivity contribution in [3.63, 3.8) is 0 Å². The number of carboxylic acid groups (broad SMARTS) is 1. The number of carboxylic acids is 1. The predicted octanol–water partition coefficient (Wildman–Crippen LogP) is 0.986. The zero-order chi connectivity index (χ0) is 26.6. The third-order valence-electron chi connectivity index (χ3n) is 6.43. The van der Waals surface area contributed by atoms with Crippen LogP contribution in [0.15, 0.2) is 28.1 Å². The molecule has 0 bridgehead atoms. The van der Waals surface area contributed by atoms with Crippen molar-refractivity contribution in [1.82, 2.24) is 29.9 Å². The van der Waals surface area contributed by atoms with Crippen LogP contribution in [-0.4, -0.2) is 88.9 Å². The Labute approximate surface area is 216 Å². The van der Waals surface area contributed by atoms with E-state index in [1.54, 1.807) is 11.0 Å². The Morgan fingerprint density at radius 1 is 1.27 bits per heavy atom. The Morgan fingerprint density at radius 2 is 2.00 bits per heavy atom. The molecule has 2 atom stereocenters. The van der Waals surface area contributed by atoms with Crippen LogP contribution in [0.25, 0.3) is 0 Å². The summed E-state index contributed by atoms with van der Waals surface area (Å²) >= 11 is 1.99. The Hall–Kier alpha value is -3.01. The number of aliphatic carboxylic acids is 1. The zero-order valence-corrected chi connectivity index (χ0v) is 21.0. The highest BCUT2D eigenvalue weighted by atomic mass is 32.2. The van der Waals surface area contributed by atoms with Crippen molar-refractivity contribution in [1.29, 1.82) is 0 Å². The molecule has 198 valence electrons. The second-order valence-corrected chi connectivity index (χ2v) is 11.0. The van der Waals surface area contributed by atoms with E-state index in [4.69, 9.17) is 0 Å². The number of halogens is 3. The molecule has 4 heterocycles. The number of nitrogens with one attached hydrogen (secondary N) is 1. The third kappa shape index (κ3) is 4.71. The van der Waals surface area contributed by atoms with Gasteiger partial charge in [-0.3, -0.25) is 19.3 Å². The van der Waals surface area contributed by atoms with Crippen molar-refractivity contribution in [3.05, 3.63) is 28.7 Å². The SMILES string of the molecule is Cn1c(SCC(=O)N[C@@H]2C(=O)N3C(C(=O)O)=C(/C=C4\CCN(C5CC5)C4=O)CS[C@H]23)nnc1C(F)(F)F. The summed E-state index contributed by atoms with van der Waals surface area (Å²) in [5.74, 6) is -3.92. The maximum absolute atomic E-state index is 12.9. The number of fused-ring (bicyclic) bond motifs is 1. The van der Waals surface area contributed by atoms with Gasteiger partial charge in [-0.1, -0.05) is 11.8 Å². The number of carbonyl (C=O) groups excluding carboxylic acids is 3. The van der Waals surface area contributed by atoms with Crippen LogP contribution in [0.3, 0.4) is 0 Å². The van der Waals surface area contributed by atoms with E-state index in [-0.39, 0.29) is 34.3 Å². The number of hydrogen-bond acceptors (Lipinski definition) is 8. The average molecular weight is 559 g/mol. The third-order valence-corrected chi connectivity index (χ3v) is 8.75. The van der Waals surface area contributed by atoms with Crippen LogP contribution in [0, 0.1) is 0 Å². The number of amides is 3. The Bertz CT molecular complexity index is 1260. The molecule has 3 fully saturated rings. The molecule has 0 unspecified atom stereocenters. The first kappa shape index (κ1) is 25.6. The summed E-state index contributed by atoms with van der Waals surface area (Å²) in [5.41, 5.74) is 0.677. The summed E-state index contributed by atoms with van der Waals surface area (Å²) in [6.45, 7) is 0.599. The molecule has 1 saturated carbocycles. The number of thioether (sulfide) groups is 2. The molecular formula is C21H21F3N6O5S2. The summed E-state index contributed by atoms with van der Waals surface area (Å²) in [4.78, 5) is 52.9. The van der Waals surface area contributed by atoms with Crippen LogP contribution in [0.4, 0.5) is 13.2 Å². The van der Waals surface area contributed by atoms with Crippen LogP contribution in [-0.2, 0) is 32.4 Å². The number of β-lactam (4-membered cyclic amide) rings is 1. The molecule has 1 aromatic heterocycles. The van der Waals surface area contributed by atoms with Crippen LogP contribution < -0.4 is 5.32 Å². The molecule has 0 radical (unpaired) electrons. The van der Waals surface area contributed by atoms with Gasteiger partial charge in [0.1, 0.15) is 17.1 Å². The fourth-order valence-corrected chi connectivity index (χ4v) is 6.53. The molecule has 1 aliphatic carbocycles. The van der Waals surface area contributed by atoms with E-state index in [9.17, 15) is 37.5 Å². The molecule has 1 aromatic rings. The monoisotopic (exact) mass is 558 g/mol. The molecule has 5 rings (SSSR count). The van der Waals surface area contributed by atoms with E-state index >= 15 is 0 Å². The number of nitrogens with zero attached hydrogens (tertiary/aromatic N) is 5. The summed E-state index contributed by atoms with van der Waals surface area (Å²) in [5, 5.41) is 18.1. The molecule has 37 heavy (non-hydrogen) atoms. The van der Waals surface area contributed by atoms with Gasteiger partial charge in [0, 0.05) is 31.0 Å². The van der Waals surface area contributed by atoms with Crippen molar-refractivity contribution in [2.75, 3.05) is 18.1 Å². The van der Waals surface area contributed by atoms with E-state index in [2.05, 4.69) is 15.5 Å². The molecule has 16 heteroatoms. The van der Waals surface area contributed by atoms with Crippen molar-refractivity contribution < 1.29 is 37.5 Å². The quantitative estimate of drug-likeness (QED) is 0.285.